The molecule has 43 heavy (non-hydrogen) atoms. The van der Waals surface area contributed by atoms with Gasteiger partial charge in [-0.05, 0) is 150 Å². The second-order valence-corrected chi connectivity index (χ2v) is 17.2. The van der Waals surface area contributed by atoms with E-state index in [1.165, 1.54) is 161 Å². The van der Waals surface area contributed by atoms with Crippen LogP contribution in [0.25, 0.3) is 0 Å². The lowest BCUT2D eigenvalue weighted by atomic mass is 9.61. The summed E-state index contributed by atoms with van der Waals surface area (Å²) in [4.78, 5) is 3.16. The number of nitrogens with zero attached hydrogens (tertiary/aromatic N) is 1. The number of rotatable bonds is 8. The first kappa shape index (κ1) is 32.4. The number of allylic oxidation sites excluding steroid dienone is 4. The molecule has 0 spiro atoms. The molecule has 0 radical (unpaired) electrons. The molecule has 6 rings (SSSR count). The van der Waals surface area contributed by atoms with E-state index in [9.17, 15) is 0 Å². The van der Waals surface area contributed by atoms with Crippen LogP contribution in [0.2, 0.25) is 0 Å². The summed E-state index contributed by atoms with van der Waals surface area (Å²) in [5.74, 6) is 7.31. The van der Waals surface area contributed by atoms with E-state index < -0.39 is 0 Å². The molecule has 0 aromatic rings. The van der Waals surface area contributed by atoms with Gasteiger partial charge in [0.15, 0.2) is 0 Å². The Bertz CT molecular complexity index is 828. The number of hydrogen-bond donors (Lipinski definition) is 0. The van der Waals surface area contributed by atoms with Crippen molar-refractivity contribution < 1.29 is 0 Å². The second-order valence-electron chi connectivity index (χ2n) is 17.2. The summed E-state index contributed by atoms with van der Waals surface area (Å²) in [6.45, 7) is 5.24. The minimum Gasteiger partial charge on any atom is -0.294 e. The lowest BCUT2D eigenvalue weighted by molar-refractivity contribution is 0.0181. The monoisotopic (exact) mass is 590 g/mol. The molecule has 1 heteroatoms. The van der Waals surface area contributed by atoms with E-state index >= 15 is 0 Å². The third kappa shape index (κ3) is 8.83. The normalized spacial score (nSPS) is 40.1. The van der Waals surface area contributed by atoms with Crippen molar-refractivity contribution in [1.29, 1.82) is 0 Å². The van der Waals surface area contributed by atoms with Crippen LogP contribution in [0.1, 0.15) is 174 Å². The van der Waals surface area contributed by atoms with Gasteiger partial charge in [-0.2, -0.15) is 0 Å². The molecule has 0 aromatic heterocycles. The van der Waals surface area contributed by atoms with Crippen LogP contribution in [0.15, 0.2) is 24.3 Å². The Kier molecular flexibility index (Phi) is 12.3. The minimum absolute atomic E-state index is 0.857. The van der Waals surface area contributed by atoms with Crippen LogP contribution in [-0.4, -0.2) is 23.0 Å². The minimum atomic E-state index is 0.857. The highest BCUT2D eigenvalue weighted by atomic mass is 15.2. The van der Waals surface area contributed by atoms with E-state index in [1.807, 2.05) is 0 Å². The van der Waals surface area contributed by atoms with Crippen molar-refractivity contribution in [3.05, 3.63) is 24.3 Å². The van der Waals surface area contributed by atoms with Crippen LogP contribution < -0.4 is 0 Å². The maximum absolute atomic E-state index is 3.16. The molecule has 0 heterocycles. The maximum Gasteiger partial charge on any atom is 0.0102 e. The highest BCUT2D eigenvalue weighted by Gasteiger charge is 2.38. The topological polar surface area (TPSA) is 3.24 Å². The third-order valence-corrected chi connectivity index (χ3v) is 14.2. The summed E-state index contributed by atoms with van der Waals surface area (Å²) in [5.41, 5.74) is 0. The molecule has 6 aliphatic rings. The first-order valence-corrected chi connectivity index (χ1v) is 20.3. The zero-order valence-electron chi connectivity index (χ0n) is 28.8. The Hall–Kier alpha value is -0.560. The van der Waals surface area contributed by atoms with Crippen molar-refractivity contribution in [2.24, 2.45) is 47.3 Å². The van der Waals surface area contributed by atoms with Gasteiger partial charge in [0.25, 0.3) is 0 Å². The predicted octanol–water partition coefficient (Wildman–Crippen LogP) is 12.3. The summed E-state index contributed by atoms with van der Waals surface area (Å²) in [6.07, 6.45) is 47.7. The van der Waals surface area contributed by atoms with Crippen LogP contribution in [0.3, 0.4) is 0 Å². The molecule has 244 valence electrons. The molecule has 0 amide bonds. The van der Waals surface area contributed by atoms with Crippen molar-refractivity contribution >= 4 is 0 Å². The van der Waals surface area contributed by atoms with Gasteiger partial charge in [-0.15, -0.1) is 0 Å². The van der Waals surface area contributed by atoms with Crippen molar-refractivity contribution in [2.75, 3.05) is 0 Å². The van der Waals surface area contributed by atoms with Gasteiger partial charge >= 0.3 is 0 Å². The van der Waals surface area contributed by atoms with Gasteiger partial charge in [0.05, 0.1) is 0 Å². The summed E-state index contributed by atoms with van der Waals surface area (Å²) in [7, 11) is 0. The molecule has 6 atom stereocenters. The first-order valence-electron chi connectivity index (χ1n) is 20.3. The highest BCUT2D eigenvalue weighted by Crippen LogP contribution is 2.47. The predicted molar refractivity (Wildman–Crippen MR) is 186 cm³/mol. The quantitative estimate of drug-likeness (QED) is 0.255. The maximum atomic E-state index is 3.16. The molecule has 0 aromatic carbocycles. The lowest BCUT2D eigenvalue weighted by Crippen LogP contribution is -2.51. The Labute approximate surface area is 268 Å². The third-order valence-electron chi connectivity index (χ3n) is 14.2. The molecule has 0 N–H and O–H groups in total. The van der Waals surface area contributed by atoms with E-state index in [4.69, 9.17) is 0 Å². The van der Waals surface area contributed by atoms with Gasteiger partial charge in [0.2, 0.25) is 0 Å². The van der Waals surface area contributed by atoms with Gasteiger partial charge in [0.1, 0.15) is 0 Å². The summed E-state index contributed by atoms with van der Waals surface area (Å²) < 4.78 is 0. The fourth-order valence-electron chi connectivity index (χ4n) is 11.7. The molecule has 0 bridgehead atoms. The smallest absolute Gasteiger partial charge is 0.0102 e. The van der Waals surface area contributed by atoms with E-state index in [1.54, 1.807) is 0 Å². The standard InChI is InChI=1S/C42H71N/c1-32-30-36(20-18-34-12-6-3-7-13-34)24-28-41(32)42-29-25-37(31-33(42)2)21-19-35-22-26-40(27-23-35)43(38-14-8-4-9-15-38)39-16-10-5-11-17-39/h18-21,32-42H,3-17,22-31H2,1-2H3. The fourth-order valence-corrected chi connectivity index (χ4v) is 11.7. The largest absolute Gasteiger partial charge is 0.294 e. The van der Waals surface area contributed by atoms with Crippen LogP contribution in [0.4, 0.5) is 0 Å². The summed E-state index contributed by atoms with van der Waals surface area (Å²) in [5, 5.41) is 0. The van der Waals surface area contributed by atoms with Crippen LogP contribution in [-0.2, 0) is 0 Å². The Morgan fingerprint density at radius 3 is 1.14 bits per heavy atom. The lowest BCUT2D eigenvalue weighted by Gasteiger charge is -2.48. The number of hydrogen-bond acceptors (Lipinski definition) is 1. The van der Waals surface area contributed by atoms with E-state index in [0.717, 1.165) is 65.5 Å². The molecule has 0 saturated heterocycles. The van der Waals surface area contributed by atoms with Crippen molar-refractivity contribution in [3.8, 4) is 0 Å². The average molecular weight is 590 g/mol. The van der Waals surface area contributed by atoms with E-state index in [2.05, 4.69) is 43.1 Å². The van der Waals surface area contributed by atoms with Crippen LogP contribution >= 0.6 is 0 Å². The SMILES string of the molecule is CC1CC(C=CC2CCCCC2)CCC1C1CCC(C=CC2CCC(N(C3CCCCC3)C3CCCCC3)CC2)CC1C. The molecule has 1 nitrogen and oxygen atoms in total. The molecule has 0 aliphatic heterocycles. The fraction of sp³-hybridized carbons (Fsp3) is 0.905. The molecular formula is C42H71N. The zero-order valence-corrected chi connectivity index (χ0v) is 28.8. The Balaban J connectivity index is 0.940. The average Bonchev–Trinajstić information content (AvgIpc) is 3.05. The second kappa shape index (κ2) is 16.3. The van der Waals surface area contributed by atoms with Crippen molar-refractivity contribution in [1.82, 2.24) is 4.90 Å². The Morgan fingerprint density at radius 1 is 0.349 bits per heavy atom. The van der Waals surface area contributed by atoms with E-state index in [-0.39, 0.29) is 0 Å². The molecular weight excluding hydrogens is 518 g/mol. The Morgan fingerprint density at radius 2 is 0.698 bits per heavy atom. The molecule has 6 aliphatic carbocycles. The molecule has 6 saturated carbocycles. The van der Waals surface area contributed by atoms with Crippen LogP contribution in [0.5, 0.6) is 0 Å². The highest BCUT2D eigenvalue weighted by molar-refractivity contribution is 5.02. The van der Waals surface area contributed by atoms with E-state index in [0.29, 0.717) is 0 Å². The first-order chi connectivity index (χ1) is 21.1. The van der Waals surface area contributed by atoms with Gasteiger partial charge in [-0.3, -0.25) is 4.90 Å². The van der Waals surface area contributed by atoms with Crippen molar-refractivity contribution in [3.63, 3.8) is 0 Å². The zero-order chi connectivity index (χ0) is 29.4. The van der Waals surface area contributed by atoms with Gasteiger partial charge in [-0.25, -0.2) is 0 Å². The van der Waals surface area contributed by atoms with Crippen LogP contribution in [0, 0.1) is 47.3 Å². The van der Waals surface area contributed by atoms with Gasteiger partial charge in [0, 0.05) is 18.1 Å². The summed E-state index contributed by atoms with van der Waals surface area (Å²) in [6, 6.07) is 2.73. The van der Waals surface area contributed by atoms with Gasteiger partial charge < -0.3 is 0 Å². The van der Waals surface area contributed by atoms with Crippen molar-refractivity contribution in [2.45, 2.75) is 192 Å². The molecule has 6 fully saturated rings. The summed E-state index contributed by atoms with van der Waals surface area (Å²) >= 11 is 0. The molecule has 6 unspecified atom stereocenters. The van der Waals surface area contributed by atoms with Gasteiger partial charge in [-0.1, -0.05) is 95.9 Å².